The highest BCUT2D eigenvalue weighted by molar-refractivity contribution is 5.58. The van der Waals surface area contributed by atoms with E-state index < -0.39 is 0 Å². The minimum Gasteiger partial charge on any atom is -0.483 e. The number of nitrogens with zero attached hydrogens (tertiary/aromatic N) is 3. The summed E-state index contributed by atoms with van der Waals surface area (Å²) < 4.78 is 25.2. The van der Waals surface area contributed by atoms with Crippen molar-refractivity contribution in [3.05, 3.63) is 65.5 Å². The van der Waals surface area contributed by atoms with Crippen molar-refractivity contribution in [1.29, 1.82) is 0 Å². The molecule has 162 valence electrons. The highest BCUT2D eigenvalue weighted by Crippen LogP contribution is 2.50. The first-order valence-corrected chi connectivity index (χ1v) is 10.9. The zero-order chi connectivity index (χ0) is 21.2. The van der Waals surface area contributed by atoms with Gasteiger partial charge in [0.05, 0.1) is 38.6 Å². The maximum absolute atomic E-state index is 13.4. The SMILES string of the molecule is CC1(C)Oc2cc(NC3COC3)ccc2C2C1=CCN1CN(c3ccc(F)cc3)CN21. The van der Waals surface area contributed by atoms with Crippen molar-refractivity contribution in [2.24, 2.45) is 0 Å². The zero-order valence-electron chi connectivity index (χ0n) is 17.8. The monoisotopic (exact) mass is 422 g/mol. The molecule has 0 bridgehead atoms. The molecule has 2 aromatic carbocycles. The van der Waals surface area contributed by atoms with E-state index in [4.69, 9.17) is 9.47 Å². The molecule has 0 aliphatic carbocycles. The van der Waals surface area contributed by atoms with E-state index in [1.807, 2.05) is 12.1 Å². The molecule has 1 atom stereocenters. The van der Waals surface area contributed by atoms with Crippen molar-refractivity contribution in [2.45, 2.75) is 31.5 Å². The second-order valence-electron chi connectivity index (χ2n) is 9.23. The lowest BCUT2D eigenvalue weighted by Crippen LogP contribution is -2.51. The molecule has 6 nitrogen and oxygen atoms in total. The number of benzene rings is 2. The Morgan fingerprint density at radius 1 is 1.06 bits per heavy atom. The summed E-state index contributed by atoms with van der Waals surface area (Å²) in [5.74, 6) is 0.724. The summed E-state index contributed by atoms with van der Waals surface area (Å²) in [6.07, 6.45) is 2.32. The Bertz CT molecular complexity index is 1030. The van der Waals surface area contributed by atoms with Gasteiger partial charge in [0.1, 0.15) is 17.2 Å². The maximum atomic E-state index is 13.4. The van der Waals surface area contributed by atoms with E-state index in [0.717, 1.165) is 50.2 Å². The zero-order valence-corrected chi connectivity index (χ0v) is 17.8. The highest BCUT2D eigenvalue weighted by Gasteiger charge is 2.47. The van der Waals surface area contributed by atoms with Gasteiger partial charge in [0.25, 0.3) is 0 Å². The summed E-state index contributed by atoms with van der Waals surface area (Å²) in [4.78, 5) is 2.28. The van der Waals surface area contributed by atoms with Crippen molar-refractivity contribution >= 4 is 11.4 Å². The average Bonchev–Trinajstić information content (AvgIpc) is 3.15. The molecule has 2 saturated heterocycles. The molecule has 7 heteroatoms. The maximum Gasteiger partial charge on any atom is 0.127 e. The molecular weight excluding hydrogens is 395 g/mol. The molecule has 0 spiro atoms. The number of nitrogens with one attached hydrogen (secondary N) is 1. The molecular formula is C24H27FN4O2. The molecule has 0 aromatic heterocycles. The van der Waals surface area contributed by atoms with Gasteiger partial charge in [-0.05, 0) is 49.8 Å². The van der Waals surface area contributed by atoms with E-state index in [1.54, 1.807) is 0 Å². The van der Waals surface area contributed by atoms with Gasteiger partial charge in [-0.3, -0.25) is 0 Å². The van der Waals surface area contributed by atoms with E-state index in [2.05, 4.69) is 58.4 Å². The normalized spacial score (nSPS) is 25.1. The summed E-state index contributed by atoms with van der Waals surface area (Å²) in [6, 6.07) is 13.7. The van der Waals surface area contributed by atoms with Crippen LogP contribution in [0.15, 0.2) is 54.1 Å². The molecule has 4 heterocycles. The van der Waals surface area contributed by atoms with Crippen LogP contribution in [-0.2, 0) is 4.74 Å². The van der Waals surface area contributed by atoms with Gasteiger partial charge in [-0.15, -0.1) is 0 Å². The fourth-order valence-corrected chi connectivity index (χ4v) is 5.02. The lowest BCUT2D eigenvalue weighted by atomic mass is 9.82. The van der Waals surface area contributed by atoms with Gasteiger partial charge in [0.2, 0.25) is 0 Å². The third kappa shape index (κ3) is 3.19. The Morgan fingerprint density at radius 2 is 1.87 bits per heavy atom. The van der Waals surface area contributed by atoms with Gasteiger partial charge in [0.15, 0.2) is 0 Å². The van der Waals surface area contributed by atoms with Crippen molar-refractivity contribution in [1.82, 2.24) is 10.0 Å². The Hall–Kier alpha value is -2.61. The fourth-order valence-electron chi connectivity index (χ4n) is 5.02. The number of rotatable bonds is 3. The van der Waals surface area contributed by atoms with Crippen LogP contribution in [0.1, 0.15) is 25.5 Å². The van der Waals surface area contributed by atoms with E-state index in [1.165, 1.54) is 23.3 Å². The number of hydrogen-bond donors (Lipinski definition) is 1. The molecule has 0 amide bonds. The van der Waals surface area contributed by atoms with Crippen LogP contribution in [0.25, 0.3) is 0 Å². The van der Waals surface area contributed by atoms with E-state index in [0.29, 0.717) is 6.04 Å². The number of fused-ring (bicyclic) bond motifs is 5. The second kappa shape index (κ2) is 6.95. The summed E-state index contributed by atoms with van der Waals surface area (Å²) in [5.41, 5.74) is 4.20. The molecule has 0 saturated carbocycles. The molecule has 4 aliphatic rings. The Kier molecular flexibility index (Phi) is 4.28. The minimum absolute atomic E-state index is 0.124. The van der Waals surface area contributed by atoms with Crippen LogP contribution < -0.4 is 15.0 Å². The smallest absolute Gasteiger partial charge is 0.127 e. The van der Waals surface area contributed by atoms with Crippen LogP contribution in [0, 0.1) is 5.82 Å². The van der Waals surface area contributed by atoms with E-state index >= 15 is 0 Å². The van der Waals surface area contributed by atoms with Crippen molar-refractivity contribution in [3.63, 3.8) is 0 Å². The number of hydrazine groups is 1. The first-order valence-electron chi connectivity index (χ1n) is 10.9. The minimum atomic E-state index is -0.384. The van der Waals surface area contributed by atoms with Crippen molar-refractivity contribution in [3.8, 4) is 5.75 Å². The molecule has 2 fully saturated rings. The van der Waals surface area contributed by atoms with Crippen LogP contribution in [0.3, 0.4) is 0 Å². The molecule has 0 radical (unpaired) electrons. The molecule has 1 unspecified atom stereocenters. The van der Waals surface area contributed by atoms with Crippen molar-refractivity contribution in [2.75, 3.05) is 43.3 Å². The molecule has 1 N–H and O–H groups in total. The van der Waals surface area contributed by atoms with Gasteiger partial charge in [-0.25, -0.2) is 14.4 Å². The Morgan fingerprint density at radius 3 is 2.61 bits per heavy atom. The second-order valence-corrected chi connectivity index (χ2v) is 9.23. The van der Waals surface area contributed by atoms with Gasteiger partial charge >= 0.3 is 0 Å². The molecule has 2 aromatic rings. The predicted octanol–water partition coefficient (Wildman–Crippen LogP) is 3.74. The van der Waals surface area contributed by atoms with Crippen LogP contribution in [0.2, 0.25) is 0 Å². The third-order valence-corrected chi connectivity index (χ3v) is 6.70. The van der Waals surface area contributed by atoms with Crippen LogP contribution in [0.5, 0.6) is 5.75 Å². The van der Waals surface area contributed by atoms with Gasteiger partial charge in [-0.1, -0.05) is 12.1 Å². The first kappa shape index (κ1) is 19.1. The lowest BCUT2D eigenvalue weighted by molar-refractivity contribution is -0.0296. The summed E-state index contributed by atoms with van der Waals surface area (Å²) in [5, 5.41) is 8.31. The topological polar surface area (TPSA) is 40.2 Å². The van der Waals surface area contributed by atoms with Gasteiger partial charge in [-0.2, -0.15) is 0 Å². The summed E-state index contributed by atoms with van der Waals surface area (Å²) in [6.45, 7) is 8.18. The molecule has 6 rings (SSSR count). The Balaban J connectivity index is 1.33. The quantitative estimate of drug-likeness (QED) is 0.760. The van der Waals surface area contributed by atoms with Crippen LogP contribution in [-0.4, -0.2) is 54.8 Å². The van der Waals surface area contributed by atoms with Gasteiger partial charge < -0.3 is 19.7 Å². The lowest BCUT2D eigenvalue weighted by Gasteiger charge is -2.48. The largest absolute Gasteiger partial charge is 0.483 e. The van der Waals surface area contributed by atoms with E-state index in [9.17, 15) is 4.39 Å². The average molecular weight is 423 g/mol. The highest BCUT2D eigenvalue weighted by atomic mass is 19.1. The predicted molar refractivity (Wildman–Crippen MR) is 117 cm³/mol. The Labute approximate surface area is 181 Å². The fraction of sp³-hybridized carbons (Fsp3) is 0.417. The number of anilines is 2. The summed E-state index contributed by atoms with van der Waals surface area (Å²) in [7, 11) is 0. The van der Waals surface area contributed by atoms with Crippen molar-refractivity contribution < 1.29 is 13.9 Å². The van der Waals surface area contributed by atoms with Crippen LogP contribution in [0.4, 0.5) is 15.8 Å². The number of hydrogen-bond acceptors (Lipinski definition) is 6. The number of ether oxygens (including phenoxy) is 2. The third-order valence-electron chi connectivity index (χ3n) is 6.70. The van der Waals surface area contributed by atoms with E-state index in [-0.39, 0.29) is 17.5 Å². The standard InChI is InChI=1S/C24H27FN4O2/c1-24(2)21-9-10-28-14-27(19-6-3-16(25)4-7-19)15-29(28)23(21)20-8-5-17(11-22(20)31-24)26-18-12-30-13-18/h3-9,11,18,23,26H,10,12-15H2,1-2H3. The van der Waals surface area contributed by atoms with Gasteiger partial charge in [0, 0.05) is 29.5 Å². The molecule has 4 aliphatic heterocycles. The summed E-state index contributed by atoms with van der Waals surface area (Å²) >= 11 is 0. The molecule has 31 heavy (non-hydrogen) atoms. The number of halogens is 1. The first-order chi connectivity index (χ1) is 15.0. The van der Waals surface area contributed by atoms with Crippen LogP contribution >= 0.6 is 0 Å².